The molecule has 1 saturated carbocycles. The number of aromatic nitrogens is 2. The molecule has 2 aliphatic rings. The Morgan fingerprint density at radius 3 is 2.80 bits per heavy atom. The molecule has 2 aromatic heterocycles. The zero-order valence-electron chi connectivity index (χ0n) is 14.8. The number of pyridine rings is 1. The number of nitrogens with one attached hydrogen (secondary N) is 1. The molecule has 1 saturated heterocycles. The van der Waals surface area contributed by atoms with Gasteiger partial charge in [-0.2, -0.15) is 0 Å². The lowest BCUT2D eigenvalue weighted by molar-refractivity contribution is 0.317. The normalized spacial score (nSPS) is 24.0. The lowest BCUT2D eigenvalue weighted by atomic mass is 9.99. The van der Waals surface area contributed by atoms with Crippen LogP contribution >= 0.6 is 12.2 Å². The fourth-order valence-corrected chi connectivity index (χ4v) is 4.62. The average molecular weight is 355 g/mol. The molecule has 2 unspecified atom stereocenters. The van der Waals surface area contributed by atoms with Gasteiger partial charge in [-0.05, 0) is 55.2 Å². The second-order valence-corrected chi connectivity index (χ2v) is 7.54. The number of thiocarbonyl (C=S) groups is 1. The molecule has 5 heteroatoms. The summed E-state index contributed by atoms with van der Waals surface area (Å²) < 4.78 is 2.42. The topological polar surface area (TPSA) is 33.1 Å². The highest BCUT2D eigenvalue weighted by molar-refractivity contribution is 7.80. The van der Waals surface area contributed by atoms with Crippen molar-refractivity contribution >= 4 is 17.3 Å². The SMILES string of the molecule is CCCN1C(=S)NC(c2ccccn2)C1c1ccn(C2CCCC2)c1. The maximum Gasteiger partial charge on any atom is 0.170 e. The van der Waals surface area contributed by atoms with E-state index in [0.717, 1.165) is 23.8 Å². The number of hydrogen-bond donors (Lipinski definition) is 1. The molecule has 0 spiro atoms. The van der Waals surface area contributed by atoms with Crippen LogP contribution in [-0.2, 0) is 0 Å². The third-order valence-electron chi connectivity index (χ3n) is 5.49. The maximum atomic E-state index is 5.65. The highest BCUT2D eigenvalue weighted by atomic mass is 32.1. The van der Waals surface area contributed by atoms with Gasteiger partial charge in [-0.15, -0.1) is 0 Å². The fraction of sp³-hybridized carbons (Fsp3) is 0.500. The van der Waals surface area contributed by atoms with Crippen LogP contribution in [0.3, 0.4) is 0 Å². The third kappa shape index (κ3) is 3.17. The van der Waals surface area contributed by atoms with Crippen LogP contribution in [0.15, 0.2) is 42.9 Å². The largest absolute Gasteiger partial charge is 0.352 e. The molecule has 1 N–H and O–H groups in total. The minimum absolute atomic E-state index is 0.111. The molecule has 132 valence electrons. The minimum Gasteiger partial charge on any atom is -0.352 e. The molecule has 2 aromatic rings. The fourth-order valence-electron chi connectivity index (χ4n) is 4.29. The van der Waals surface area contributed by atoms with Crippen LogP contribution in [0.25, 0.3) is 0 Å². The standard InChI is InChI=1S/C20H26N4S/c1-2-12-24-19(15-10-13-23(14-15)16-7-3-4-8-16)18(22-20(24)25)17-9-5-6-11-21-17/h5-6,9-11,13-14,16,18-19H,2-4,7-8,12H2,1H3,(H,22,25). The van der Waals surface area contributed by atoms with Crippen LogP contribution in [0.4, 0.5) is 0 Å². The van der Waals surface area contributed by atoms with E-state index in [-0.39, 0.29) is 12.1 Å². The molecule has 1 aliphatic carbocycles. The van der Waals surface area contributed by atoms with Crippen LogP contribution in [0.2, 0.25) is 0 Å². The first kappa shape index (κ1) is 16.6. The van der Waals surface area contributed by atoms with Gasteiger partial charge < -0.3 is 14.8 Å². The van der Waals surface area contributed by atoms with Crippen molar-refractivity contribution in [1.82, 2.24) is 19.8 Å². The second kappa shape index (κ2) is 7.16. The Kier molecular flexibility index (Phi) is 4.75. The number of rotatable bonds is 5. The van der Waals surface area contributed by atoms with Crippen molar-refractivity contribution in [2.24, 2.45) is 0 Å². The van der Waals surface area contributed by atoms with Crippen molar-refractivity contribution < 1.29 is 0 Å². The minimum atomic E-state index is 0.111. The van der Waals surface area contributed by atoms with Crippen LogP contribution in [0.1, 0.15) is 68.4 Å². The van der Waals surface area contributed by atoms with E-state index < -0.39 is 0 Å². The van der Waals surface area contributed by atoms with Crippen molar-refractivity contribution in [2.45, 2.75) is 57.2 Å². The van der Waals surface area contributed by atoms with Crippen molar-refractivity contribution in [1.29, 1.82) is 0 Å². The first-order valence-corrected chi connectivity index (χ1v) is 9.84. The van der Waals surface area contributed by atoms with E-state index in [9.17, 15) is 0 Å². The zero-order chi connectivity index (χ0) is 17.2. The van der Waals surface area contributed by atoms with Crippen LogP contribution in [0, 0.1) is 0 Å². The van der Waals surface area contributed by atoms with E-state index in [2.05, 4.69) is 57.3 Å². The van der Waals surface area contributed by atoms with Gasteiger partial charge in [0.1, 0.15) is 0 Å². The Morgan fingerprint density at radius 2 is 2.08 bits per heavy atom. The monoisotopic (exact) mass is 354 g/mol. The zero-order valence-corrected chi connectivity index (χ0v) is 15.6. The quantitative estimate of drug-likeness (QED) is 0.808. The number of nitrogens with zero attached hydrogens (tertiary/aromatic N) is 3. The van der Waals surface area contributed by atoms with Crippen LogP contribution in [-0.4, -0.2) is 26.1 Å². The van der Waals surface area contributed by atoms with Crippen molar-refractivity contribution in [3.8, 4) is 0 Å². The van der Waals surface area contributed by atoms with E-state index in [1.807, 2.05) is 12.3 Å². The molecule has 0 radical (unpaired) electrons. The Balaban J connectivity index is 1.67. The summed E-state index contributed by atoms with van der Waals surface area (Å²) in [6.07, 6.45) is 12.9. The average Bonchev–Trinajstić information content (AvgIpc) is 3.36. The molecular weight excluding hydrogens is 328 g/mol. The van der Waals surface area contributed by atoms with Gasteiger partial charge in [-0.25, -0.2) is 0 Å². The summed E-state index contributed by atoms with van der Waals surface area (Å²) in [5, 5.41) is 4.36. The van der Waals surface area contributed by atoms with E-state index >= 15 is 0 Å². The van der Waals surface area contributed by atoms with Gasteiger partial charge >= 0.3 is 0 Å². The summed E-state index contributed by atoms with van der Waals surface area (Å²) in [6, 6.07) is 9.38. The van der Waals surface area contributed by atoms with Gasteiger partial charge in [0.05, 0.1) is 17.8 Å². The van der Waals surface area contributed by atoms with Crippen molar-refractivity contribution in [2.75, 3.05) is 6.54 Å². The van der Waals surface area contributed by atoms with E-state index in [1.54, 1.807) is 0 Å². The molecule has 4 nitrogen and oxygen atoms in total. The highest BCUT2D eigenvalue weighted by Crippen LogP contribution is 2.39. The van der Waals surface area contributed by atoms with Gasteiger partial charge in [-0.3, -0.25) is 4.98 Å². The lowest BCUT2D eigenvalue weighted by Gasteiger charge is -2.26. The summed E-state index contributed by atoms with van der Waals surface area (Å²) >= 11 is 5.65. The summed E-state index contributed by atoms with van der Waals surface area (Å²) in [7, 11) is 0. The van der Waals surface area contributed by atoms with Gasteiger partial charge in [0.2, 0.25) is 0 Å². The molecule has 2 atom stereocenters. The van der Waals surface area contributed by atoms with Crippen LogP contribution in [0.5, 0.6) is 0 Å². The Hall–Kier alpha value is -1.88. The number of hydrogen-bond acceptors (Lipinski definition) is 2. The molecular formula is C20H26N4S. The van der Waals surface area contributed by atoms with Gasteiger partial charge in [0, 0.05) is 31.2 Å². The molecule has 4 rings (SSSR count). The van der Waals surface area contributed by atoms with Crippen molar-refractivity contribution in [3.63, 3.8) is 0 Å². The Bertz CT molecular complexity index is 720. The summed E-state index contributed by atoms with van der Waals surface area (Å²) in [5.74, 6) is 0. The molecule has 0 bridgehead atoms. The van der Waals surface area contributed by atoms with Crippen LogP contribution < -0.4 is 5.32 Å². The second-order valence-electron chi connectivity index (χ2n) is 7.15. The molecule has 0 aromatic carbocycles. The highest BCUT2D eigenvalue weighted by Gasteiger charge is 2.39. The van der Waals surface area contributed by atoms with Gasteiger partial charge in [0.25, 0.3) is 0 Å². The Labute approximate surface area is 155 Å². The maximum absolute atomic E-state index is 5.65. The first-order valence-electron chi connectivity index (χ1n) is 9.43. The Morgan fingerprint density at radius 1 is 1.24 bits per heavy atom. The molecule has 3 heterocycles. The molecule has 1 aliphatic heterocycles. The molecule has 2 fully saturated rings. The van der Waals surface area contributed by atoms with E-state index in [0.29, 0.717) is 6.04 Å². The lowest BCUT2D eigenvalue weighted by Crippen LogP contribution is -2.30. The predicted octanol–water partition coefficient (Wildman–Crippen LogP) is 4.38. The van der Waals surface area contributed by atoms with E-state index in [4.69, 9.17) is 12.2 Å². The van der Waals surface area contributed by atoms with Crippen molar-refractivity contribution in [3.05, 3.63) is 54.1 Å². The smallest absolute Gasteiger partial charge is 0.170 e. The summed E-state index contributed by atoms with van der Waals surface area (Å²) in [6.45, 7) is 3.17. The molecule has 25 heavy (non-hydrogen) atoms. The summed E-state index contributed by atoms with van der Waals surface area (Å²) in [5.41, 5.74) is 2.39. The first-order chi connectivity index (χ1) is 12.3. The summed E-state index contributed by atoms with van der Waals surface area (Å²) in [4.78, 5) is 6.93. The molecule has 0 amide bonds. The predicted molar refractivity (Wildman–Crippen MR) is 104 cm³/mol. The van der Waals surface area contributed by atoms with Gasteiger partial charge in [-0.1, -0.05) is 25.8 Å². The third-order valence-corrected chi connectivity index (χ3v) is 5.84. The van der Waals surface area contributed by atoms with E-state index in [1.165, 1.54) is 31.2 Å². The van der Waals surface area contributed by atoms with Gasteiger partial charge in [0.15, 0.2) is 5.11 Å².